The van der Waals surface area contributed by atoms with Crippen LogP contribution in [0.2, 0.25) is 0 Å². The molecule has 0 fully saturated rings. The summed E-state index contributed by atoms with van der Waals surface area (Å²) in [5.74, 6) is 2.04. The Labute approximate surface area is 93.1 Å². The van der Waals surface area contributed by atoms with E-state index in [0.717, 1.165) is 24.6 Å². The van der Waals surface area contributed by atoms with Crippen LogP contribution in [-0.2, 0) is 6.54 Å². The van der Waals surface area contributed by atoms with E-state index in [2.05, 4.69) is 32.2 Å². The number of aryl methyl sites for hydroxylation is 2. The van der Waals surface area contributed by atoms with Crippen LogP contribution in [0.1, 0.15) is 44.3 Å². The van der Waals surface area contributed by atoms with Gasteiger partial charge in [-0.15, -0.1) is 0 Å². The second kappa shape index (κ2) is 4.84. The molecule has 0 saturated heterocycles. The standard InChI is InChI=1S/C13H23NO/c1-10-8-12(11(2)15-10)9-14-7-6-13(3,4)5/h8,14H,6-7,9H2,1-5H3. The van der Waals surface area contributed by atoms with Gasteiger partial charge in [0.15, 0.2) is 0 Å². The molecular formula is C13H23NO. The van der Waals surface area contributed by atoms with E-state index < -0.39 is 0 Å². The van der Waals surface area contributed by atoms with Gasteiger partial charge in [0.1, 0.15) is 11.5 Å². The van der Waals surface area contributed by atoms with Gasteiger partial charge in [-0.05, 0) is 38.3 Å². The molecule has 0 saturated carbocycles. The van der Waals surface area contributed by atoms with Crippen molar-refractivity contribution < 1.29 is 4.42 Å². The summed E-state index contributed by atoms with van der Waals surface area (Å²) < 4.78 is 5.47. The molecule has 2 heteroatoms. The van der Waals surface area contributed by atoms with Crippen molar-refractivity contribution >= 4 is 0 Å². The van der Waals surface area contributed by atoms with Crippen molar-refractivity contribution in [3.05, 3.63) is 23.2 Å². The first-order valence-electron chi connectivity index (χ1n) is 5.65. The molecule has 0 unspecified atom stereocenters. The molecule has 1 rings (SSSR count). The van der Waals surface area contributed by atoms with Gasteiger partial charge in [-0.3, -0.25) is 0 Å². The van der Waals surface area contributed by atoms with Gasteiger partial charge in [0, 0.05) is 12.1 Å². The molecule has 0 spiro atoms. The first kappa shape index (κ1) is 12.3. The number of nitrogens with one attached hydrogen (secondary N) is 1. The van der Waals surface area contributed by atoms with Crippen LogP contribution in [0.3, 0.4) is 0 Å². The lowest BCUT2D eigenvalue weighted by Gasteiger charge is -2.17. The Morgan fingerprint density at radius 1 is 1.27 bits per heavy atom. The fraction of sp³-hybridized carbons (Fsp3) is 0.692. The maximum Gasteiger partial charge on any atom is 0.105 e. The molecule has 1 aromatic heterocycles. The third kappa shape index (κ3) is 4.52. The van der Waals surface area contributed by atoms with Gasteiger partial charge in [-0.25, -0.2) is 0 Å². The first-order valence-corrected chi connectivity index (χ1v) is 5.65. The Hall–Kier alpha value is -0.760. The van der Waals surface area contributed by atoms with E-state index in [1.54, 1.807) is 0 Å². The predicted octanol–water partition coefficient (Wildman–Crippen LogP) is 3.42. The molecular weight excluding hydrogens is 186 g/mol. The summed E-state index contributed by atoms with van der Waals surface area (Å²) in [4.78, 5) is 0. The van der Waals surface area contributed by atoms with Crippen LogP contribution < -0.4 is 5.32 Å². The first-order chi connectivity index (χ1) is 6.88. The summed E-state index contributed by atoms with van der Waals surface area (Å²) >= 11 is 0. The Balaban J connectivity index is 2.29. The van der Waals surface area contributed by atoms with Crippen molar-refractivity contribution in [2.24, 2.45) is 5.41 Å². The van der Waals surface area contributed by atoms with Crippen LogP contribution in [0.25, 0.3) is 0 Å². The van der Waals surface area contributed by atoms with Gasteiger partial charge in [-0.2, -0.15) is 0 Å². The molecule has 0 aliphatic rings. The average molecular weight is 209 g/mol. The zero-order valence-corrected chi connectivity index (χ0v) is 10.6. The van der Waals surface area contributed by atoms with Crippen molar-refractivity contribution in [3.8, 4) is 0 Å². The smallest absolute Gasteiger partial charge is 0.105 e. The fourth-order valence-corrected chi connectivity index (χ4v) is 1.55. The van der Waals surface area contributed by atoms with Crippen LogP contribution in [0.5, 0.6) is 0 Å². The molecule has 0 atom stereocenters. The van der Waals surface area contributed by atoms with E-state index in [1.165, 1.54) is 12.0 Å². The lowest BCUT2D eigenvalue weighted by atomic mass is 9.92. The minimum absolute atomic E-state index is 0.411. The number of rotatable bonds is 4. The quantitative estimate of drug-likeness (QED) is 0.769. The molecule has 2 nitrogen and oxygen atoms in total. The van der Waals surface area contributed by atoms with Gasteiger partial charge >= 0.3 is 0 Å². The number of furan rings is 1. The zero-order valence-electron chi connectivity index (χ0n) is 10.6. The molecule has 0 amide bonds. The van der Waals surface area contributed by atoms with E-state index in [9.17, 15) is 0 Å². The van der Waals surface area contributed by atoms with Crippen molar-refractivity contribution in [1.82, 2.24) is 5.32 Å². The molecule has 86 valence electrons. The van der Waals surface area contributed by atoms with E-state index in [1.807, 2.05) is 13.8 Å². The molecule has 1 aromatic rings. The van der Waals surface area contributed by atoms with Crippen LogP contribution >= 0.6 is 0 Å². The minimum Gasteiger partial charge on any atom is -0.466 e. The normalized spacial score (nSPS) is 12.1. The second-order valence-electron chi connectivity index (χ2n) is 5.43. The molecule has 15 heavy (non-hydrogen) atoms. The SMILES string of the molecule is Cc1cc(CNCCC(C)(C)C)c(C)o1. The van der Waals surface area contributed by atoms with Gasteiger partial charge < -0.3 is 9.73 Å². The van der Waals surface area contributed by atoms with Gasteiger partial charge in [0.05, 0.1) is 0 Å². The Kier molecular flexibility index (Phi) is 3.97. The topological polar surface area (TPSA) is 25.2 Å². The van der Waals surface area contributed by atoms with Crippen molar-refractivity contribution in [2.75, 3.05) is 6.54 Å². The third-order valence-electron chi connectivity index (χ3n) is 2.51. The molecule has 0 bridgehead atoms. The van der Waals surface area contributed by atoms with Crippen LogP contribution in [0, 0.1) is 19.3 Å². The van der Waals surface area contributed by atoms with Crippen molar-refractivity contribution in [2.45, 2.75) is 47.6 Å². The summed E-state index contributed by atoms with van der Waals surface area (Å²) in [6.45, 7) is 12.8. The Morgan fingerprint density at radius 2 is 1.93 bits per heavy atom. The lowest BCUT2D eigenvalue weighted by Crippen LogP contribution is -2.20. The Bertz CT molecular complexity index is 307. The zero-order chi connectivity index (χ0) is 11.5. The highest BCUT2D eigenvalue weighted by Gasteiger charge is 2.09. The Morgan fingerprint density at radius 3 is 2.40 bits per heavy atom. The molecule has 1 N–H and O–H groups in total. The maximum absolute atomic E-state index is 5.47. The highest BCUT2D eigenvalue weighted by Crippen LogP contribution is 2.17. The molecule has 0 aromatic carbocycles. The highest BCUT2D eigenvalue weighted by atomic mass is 16.3. The van der Waals surface area contributed by atoms with Gasteiger partial charge in [-0.1, -0.05) is 20.8 Å². The summed E-state index contributed by atoms with van der Waals surface area (Å²) in [5, 5.41) is 3.45. The monoisotopic (exact) mass is 209 g/mol. The fourth-order valence-electron chi connectivity index (χ4n) is 1.55. The summed E-state index contributed by atoms with van der Waals surface area (Å²) in [6.07, 6.45) is 1.20. The van der Waals surface area contributed by atoms with Crippen molar-refractivity contribution in [1.29, 1.82) is 0 Å². The van der Waals surface area contributed by atoms with Gasteiger partial charge in [0.2, 0.25) is 0 Å². The van der Waals surface area contributed by atoms with E-state index in [0.29, 0.717) is 5.41 Å². The van der Waals surface area contributed by atoms with E-state index in [-0.39, 0.29) is 0 Å². The highest BCUT2D eigenvalue weighted by molar-refractivity contribution is 5.19. The molecule has 1 heterocycles. The maximum atomic E-state index is 5.47. The van der Waals surface area contributed by atoms with Crippen molar-refractivity contribution in [3.63, 3.8) is 0 Å². The summed E-state index contributed by atoms with van der Waals surface area (Å²) in [5.41, 5.74) is 1.69. The average Bonchev–Trinajstić information content (AvgIpc) is 2.37. The minimum atomic E-state index is 0.411. The molecule has 0 aliphatic carbocycles. The van der Waals surface area contributed by atoms with Crippen LogP contribution in [-0.4, -0.2) is 6.54 Å². The van der Waals surface area contributed by atoms with Crippen LogP contribution in [0.15, 0.2) is 10.5 Å². The molecule has 0 radical (unpaired) electrons. The van der Waals surface area contributed by atoms with Gasteiger partial charge in [0.25, 0.3) is 0 Å². The number of hydrogen-bond acceptors (Lipinski definition) is 2. The lowest BCUT2D eigenvalue weighted by molar-refractivity contribution is 0.366. The van der Waals surface area contributed by atoms with E-state index in [4.69, 9.17) is 4.42 Å². The second-order valence-corrected chi connectivity index (χ2v) is 5.43. The third-order valence-corrected chi connectivity index (χ3v) is 2.51. The largest absolute Gasteiger partial charge is 0.466 e. The predicted molar refractivity (Wildman–Crippen MR) is 64.0 cm³/mol. The summed E-state index contributed by atoms with van der Waals surface area (Å²) in [7, 11) is 0. The van der Waals surface area contributed by atoms with E-state index >= 15 is 0 Å². The molecule has 0 aliphatic heterocycles. The number of hydrogen-bond donors (Lipinski definition) is 1. The van der Waals surface area contributed by atoms with Crippen LogP contribution in [0.4, 0.5) is 0 Å². The summed E-state index contributed by atoms with van der Waals surface area (Å²) in [6, 6.07) is 2.11.